The van der Waals surface area contributed by atoms with Crippen LogP contribution in [0.1, 0.15) is 62.7 Å². The maximum absolute atomic E-state index is 12.3. The zero-order valence-corrected chi connectivity index (χ0v) is 14.4. The quantitative estimate of drug-likeness (QED) is 0.747. The lowest BCUT2D eigenvalue weighted by atomic mass is 10.2. The van der Waals surface area contributed by atoms with Crippen molar-refractivity contribution < 1.29 is 19.1 Å². The Morgan fingerprint density at radius 3 is 2.75 bits per heavy atom. The van der Waals surface area contributed by atoms with E-state index in [1.54, 1.807) is 22.7 Å². The molecule has 2 aliphatic rings. The Bertz CT molecular complexity index is 603. The molecule has 2 fully saturated rings. The summed E-state index contributed by atoms with van der Waals surface area (Å²) in [5.41, 5.74) is 0.726. The van der Waals surface area contributed by atoms with Crippen molar-refractivity contribution in [1.82, 2.24) is 9.78 Å². The second-order valence-corrected chi connectivity index (χ2v) is 6.46. The lowest BCUT2D eigenvalue weighted by Gasteiger charge is -2.23. The Balaban J connectivity index is 1.92. The molecule has 0 N–H and O–H groups in total. The monoisotopic (exact) mass is 335 g/mol. The fourth-order valence-electron chi connectivity index (χ4n) is 2.96. The fraction of sp³-hybridized carbons (Fsp3) is 0.706. The van der Waals surface area contributed by atoms with Crippen molar-refractivity contribution in [2.75, 3.05) is 24.7 Å². The Kier molecular flexibility index (Phi) is 5.18. The molecule has 132 valence electrons. The van der Waals surface area contributed by atoms with Gasteiger partial charge in [0, 0.05) is 20.1 Å². The highest BCUT2D eigenvalue weighted by molar-refractivity contribution is 6.00. The molecule has 0 spiro atoms. The van der Waals surface area contributed by atoms with E-state index >= 15 is 0 Å². The highest BCUT2D eigenvalue weighted by Gasteiger charge is 2.32. The maximum Gasteiger partial charge on any atom is 0.361 e. The molecule has 0 bridgehead atoms. The number of anilines is 1. The second kappa shape index (κ2) is 7.34. The number of carbonyl (C=O) groups is 2. The van der Waals surface area contributed by atoms with Gasteiger partial charge in [0.1, 0.15) is 6.23 Å². The van der Waals surface area contributed by atoms with E-state index in [4.69, 9.17) is 9.47 Å². The summed E-state index contributed by atoms with van der Waals surface area (Å²) in [6.45, 7) is 4.86. The first-order valence-electron chi connectivity index (χ1n) is 8.76. The molecule has 1 amide bonds. The zero-order valence-electron chi connectivity index (χ0n) is 14.4. The number of amides is 1. The van der Waals surface area contributed by atoms with Gasteiger partial charge in [0.15, 0.2) is 5.69 Å². The molecular weight excluding hydrogens is 310 g/mol. The standard InChI is InChI=1S/C17H25N3O4/c1-3-23-17(22)16-14(19(12(2)21)10-13-7-8-13)11-20(18-16)15-6-4-5-9-24-15/h11,13,15H,3-10H2,1-2H3. The Labute approximate surface area is 141 Å². The molecule has 24 heavy (non-hydrogen) atoms. The minimum atomic E-state index is -0.496. The predicted molar refractivity (Wildman–Crippen MR) is 87.8 cm³/mol. The van der Waals surface area contributed by atoms with Gasteiger partial charge in [0.25, 0.3) is 0 Å². The molecule has 0 aromatic carbocycles. The second-order valence-electron chi connectivity index (χ2n) is 6.46. The van der Waals surface area contributed by atoms with E-state index in [1.807, 2.05) is 0 Å². The van der Waals surface area contributed by atoms with Gasteiger partial charge in [-0.05, 0) is 44.9 Å². The summed E-state index contributed by atoms with van der Waals surface area (Å²) in [6, 6.07) is 0. The lowest BCUT2D eigenvalue weighted by molar-refractivity contribution is -0.116. The first-order chi connectivity index (χ1) is 11.6. The van der Waals surface area contributed by atoms with Crippen LogP contribution in [0.25, 0.3) is 0 Å². The van der Waals surface area contributed by atoms with Gasteiger partial charge in [-0.25, -0.2) is 9.48 Å². The number of rotatable bonds is 6. The summed E-state index contributed by atoms with van der Waals surface area (Å²) < 4.78 is 12.5. The van der Waals surface area contributed by atoms with Crippen molar-refractivity contribution in [2.45, 2.75) is 52.2 Å². The molecule has 1 saturated heterocycles. The van der Waals surface area contributed by atoms with Gasteiger partial charge in [-0.1, -0.05) is 0 Å². The summed E-state index contributed by atoms with van der Waals surface area (Å²) in [6.07, 6.45) is 6.77. The van der Waals surface area contributed by atoms with Crippen LogP contribution in [0, 0.1) is 5.92 Å². The van der Waals surface area contributed by atoms with Gasteiger partial charge in [-0.15, -0.1) is 0 Å². The van der Waals surface area contributed by atoms with Gasteiger partial charge in [0.05, 0.1) is 18.5 Å². The lowest BCUT2D eigenvalue weighted by Crippen LogP contribution is -2.31. The van der Waals surface area contributed by atoms with E-state index in [2.05, 4.69) is 5.10 Å². The summed E-state index contributed by atoms with van der Waals surface area (Å²) in [5.74, 6) is -0.0705. The fourth-order valence-corrected chi connectivity index (χ4v) is 2.96. The molecule has 1 aromatic rings. The zero-order chi connectivity index (χ0) is 17.1. The van der Waals surface area contributed by atoms with Gasteiger partial charge in [-0.3, -0.25) is 4.79 Å². The van der Waals surface area contributed by atoms with Gasteiger partial charge >= 0.3 is 5.97 Å². The minimum Gasteiger partial charge on any atom is -0.461 e. The molecule has 1 saturated carbocycles. The van der Waals surface area contributed by atoms with Crippen molar-refractivity contribution >= 4 is 17.6 Å². The van der Waals surface area contributed by atoms with Crippen LogP contribution in [0.3, 0.4) is 0 Å². The van der Waals surface area contributed by atoms with Gasteiger partial charge in [-0.2, -0.15) is 5.10 Å². The van der Waals surface area contributed by atoms with E-state index in [-0.39, 0.29) is 24.4 Å². The van der Waals surface area contributed by atoms with Crippen molar-refractivity contribution in [3.05, 3.63) is 11.9 Å². The van der Waals surface area contributed by atoms with E-state index in [9.17, 15) is 9.59 Å². The number of hydrogen-bond acceptors (Lipinski definition) is 5. The van der Waals surface area contributed by atoms with Crippen molar-refractivity contribution in [3.63, 3.8) is 0 Å². The third-order valence-electron chi connectivity index (χ3n) is 4.44. The highest BCUT2D eigenvalue weighted by Crippen LogP contribution is 2.33. The van der Waals surface area contributed by atoms with Crippen LogP contribution in [-0.4, -0.2) is 41.4 Å². The van der Waals surface area contributed by atoms with Crippen LogP contribution in [-0.2, 0) is 14.3 Å². The molecule has 1 atom stereocenters. The van der Waals surface area contributed by atoms with Gasteiger partial charge < -0.3 is 14.4 Å². The van der Waals surface area contributed by atoms with E-state index in [0.717, 1.165) is 32.1 Å². The molecule has 7 heteroatoms. The molecular formula is C17H25N3O4. The first-order valence-corrected chi connectivity index (χ1v) is 8.76. The van der Waals surface area contributed by atoms with Crippen LogP contribution in [0.2, 0.25) is 0 Å². The summed E-state index contributed by atoms with van der Waals surface area (Å²) in [5, 5.41) is 4.41. The van der Waals surface area contributed by atoms with E-state index in [1.165, 1.54) is 6.92 Å². The number of esters is 1. The summed E-state index contributed by atoms with van der Waals surface area (Å²) >= 11 is 0. The van der Waals surface area contributed by atoms with E-state index in [0.29, 0.717) is 24.8 Å². The summed E-state index contributed by atoms with van der Waals surface area (Å²) in [7, 11) is 0. The number of hydrogen-bond donors (Lipinski definition) is 0. The molecule has 7 nitrogen and oxygen atoms in total. The number of carbonyl (C=O) groups excluding carboxylic acids is 2. The molecule has 1 aliphatic heterocycles. The topological polar surface area (TPSA) is 73.7 Å². The third-order valence-corrected chi connectivity index (χ3v) is 4.44. The Morgan fingerprint density at radius 1 is 1.38 bits per heavy atom. The average Bonchev–Trinajstić information content (AvgIpc) is 3.29. The third kappa shape index (κ3) is 3.77. The van der Waals surface area contributed by atoms with Crippen LogP contribution in [0.15, 0.2) is 6.20 Å². The van der Waals surface area contributed by atoms with Crippen molar-refractivity contribution in [1.29, 1.82) is 0 Å². The van der Waals surface area contributed by atoms with E-state index < -0.39 is 5.97 Å². The molecule has 2 heterocycles. The molecule has 3 rings (SSSR count). The van der Waals surface area contributed by atoms with Crippen molar-refractivity contribution in [2.24, 2.45) is 5.92 Å². The first kappa shape index (κ1) is 17.0. The highest BCUT2D eigenvalue weighted by atomic mass is 16.5. The number of ether oxygens (including phenoxy) is 2. The molecule has 0 radical (unpaired) electrons. The van der Waals surface area contributed by atoms with Gasteiger partial charge in [0.2, 0.25) is 5.91 Å². The summed E-state index contributed by atoms with van der Waals surface area (Å²) in [4.78, 5) is 26.1. The van der Waals surface area contributed by atoms with Crippen molar-refractivity contribution in [3.8, 4) is 0 Å². The SMILES string of the molecule is CCOC(=O)c1nn(C2CCCCO2)cc1N(CC1CC1)C(C)=O. The van der Waals surface area contributed by atoms with Crippen LogP contribution in [0.5, 0.6) is 0 Å². The minimum absolute atomic E-state index is 0.0865. The molecule has 1 unspecified atom stereocenters. The Hall–Kier alpha value is -1.89. The smallest absolute Gasteiger partial charge is 0.361 e. The molecule has 1 aliphatic carbocycles. The van der Waals surface area contributed by atoms with Crippen LogP contribution in [0.4, 0.5) is 5.69 Å². The average molecular weight is 335 g/mol. The molecule has 1 aromatic heterocycles. The Morgan fingerprint density at radius 2 is 2.17 bits per heavy atom. The van der Waals surface area contributed by atoms with Crippen LogP contribution >= 0.6 is 0 Å². The maximum atomic E-state index is 12.3. The van der Waals surface area contributed by atoms with Crippen LogP contribution < -0.4 is 4.90 Å². The number of aromatic nitrogens is 2. The number of nitrogens with zero attached hydrogens (tertiary/aromatic N) is 3. The predicted octanol–water partition coefficient (Wildman–Crippen LogP) is 2.52. The largest absolute Gasteiger partial charge is 0.461 e. The normalized spacial score (nSPS) is 20.7.